The first-order valence-corrected chi connectivity index (χ1v) is 5.21. The van der Waals surface area contributed by atoms with Crippen molar-refractivity contribution in [2.24, 2.45) is 5.73 Å². The predicted molar refractivity (Wildman–Crippen MR) is 60.6 cm³/mol. The van der Waals surface area contributed by atoms with Crippen molar-refractivity contribution in [2.45, 2.75) is 18.6 Å². The van der Waals surface area contributed by atoms with Gasteiger partial charge in [-0.3, -0.25) is 0 Å². The van der Waals surface area contributed by atoms with Crippen LogP contribution in [0.25, 0.3) is 10.8 Å². The first kappa shape index (κ1) is 8.89. The van der Waals surface area contributed by atoms with Gasteiger partial charge in [0, 0.05) is 6.42 Å². The smallest absolute Gasteiger partial charge is 0.0773 e. The Balaban J connectivity index is 2.27. The minimum atomic E-state index is -0.420. The van der Waals surface area contributed by atoms with Crippen LogP contribution in [-0.4, -0.2) is 11.2 Å². The Kier molecular flexibility index (Phi) is 1.81. The van der Waals surface area contributed by atoms with Crippen LogP contribution in [0.1, 0.15) is 17.2 Å². The molecule has 0 bridgehead atoms. The molecule has 2 aromatic rings. The summed E-state index contributed by atoms with van der Waals surface area (Å²) in [5.74, 6) is 0. The summed E-state index contributed by atoms with van der Waals surface area (Å²) in [5.41, 5.74) is 8.22. The van der Waals surface area contributed by atoms with E-state index in [0.717, 1.165) is 5.56 Å². The molecule has 3 N–H and O–H groups in total. The molecule has 0 saturated carbocycles. The van der Waals surface area contributed by atoms with Crippen molar-refractivity contribution in [1.82, 2.24) is 0 Å². The van der Waals surface area contributed by atoms with Crippen LogP contribution in [0.5, 0.6) is 0 Å². The third kappa shape index (κ3) is 1.26. The molecule has 3 rings (SSSR count). The van der Waals surface area contributed by atoms with E-state index in [-0.39, 0.29) is 6.04 Å². The van der Waals surface area contributed by atoms with E-state index < -0.39 is 6.10 Å². The lowest BCUT2D eigenvalue weighted by Gasteiger charge is -2.09. The van der Waals surface area contributed by atoms with Gasteiger partial charge in [-0.25, -0.2) is 0 Å². The van der Waals surface area contributed by atoms with Gasteiger partial charge in [0.2, 0.25) is 0 Å². The Bertz CT molecular complexity index is 521. The van der Waals surface area contributed by atoms with Crippen molar-refractivity contribution in [2.75, 3.05) is 0 Å². The van der Waals surface area contributed by atoms with Gasteiger partial charge in [0.05, 0.1) is 12.1 Å². The molecule has 0 spiro atoms. The molecule has 1 aliphatic rings. The van der Waals surface area contributed by atoms with Crippen molar-refractivity contribution in [3.8, 4) is 0 Å². The minimum absolute atomic E-state index is 0.218. The maximum Gasteiger partial charge on any atom is 0.0773 e. The second kappa shape index (κ2) is 3.05. The summed E-state index contributed by atoms with van der Waals surface area (Å²) in [7, 11) is 0. The summed E-state index contributed by atoms with van der Waals surface area (Å²) in [5, 5.41) is 12.1. The Morgan fingerprint density at radius 3 is 2.53 bits per heavy atom. The first-order chi connectivity index (χ1) is 7.25. The summed E-state index contributed by atoms with van der Waals surface area (Å²) in [6.45, 7) is 0. The van der Waals surface area contributed by atoms with Crippen LogP contribution in [0.2, 0.25) is 0 Å². The van der Waals surface area contributed by atoms with Crippen LogP contribution in [0.3, 0.4) is 0 Å². The molecule has 0 saturated heterocycles. The molecule has 0 unspecified atom stereocenters. The number of nitrogens with two attached hydrogens (primary N) is 1. The molecular formula is C13H13NO. The van der Waals surface area contributed by atoms with Crippen LogP contribution >= 0.6 is 0 Å². The van der Waals surface area contributed by atoms with Crippen molar-refractivity contribution < 1.29 is 5.11 Å². The quantitative estimate of drug-likeness (QED) is 0.679. The van der Waals surface area contributed by atoms with Gasteiger partial charge in [-0.15, -0.1) is 0 Å². The average Bonchev–Trinajstić information content (AvgIpc) is 2.52. The predicted octanol–water partition coefficient (Wildman–Crippen LogP) is 1.76. The normalized spacial score (nSPS) is 24.4. The lowest BCUT2D eigenvalue weighted by atomic mass is 10.0. The van der Waals surface area contributed by atoms with E-state index in [1.807, 2.05) is 12.1 Å². The number of aliphatic hydroxyl groups is 1. The number of fused-ring (bicyclic) bond motifs is 2. The average molecular weight is 199 g/mol. The summed E-state index contributed by atoms with van der Waals surface area (Å²) < 4.78 is 0. The van der Waals surface area contributed by atoms with Gasteiger partial charge in [-0.05, 0) is 28.0 Å². The highest BCUT2D eigenvalue weighted by Crippen LogP contribution is 2.32. The van der Waals surface area contributed by atoms with Crippen LogP contribution in [0, 0.1) is 0 Å². The van der Waals surface area contributed by atoms with Crippen molar-refractivity contribution >= 4 is 10.8 Å². The monoisotopic (exact) mass is 199 g/mol. The molecule has 2 heteroatoms. The number of aliphatic hydroxyl groups excluding tert-OH is 1. The van der Waals surface area contributed by atoms with Crippen LogP contribution in [0.4, 0.5) is 0 Å². The molecular weight excluding hydrogens is 186 g/mol. The van der Waals surface area contributed by atoms with Crippen LogP contribution in [-0.2, 0) is 6.42 Å². The summed E-state index contributed by atoms with van der Waals surface area (Å²) in [4.78, 5) is 0. The summed E-state index contributed by atoms with van der Waals surface area (Å²) in [6, 6.07) is 12.2. The topological polar surface area (TPSA) is 46.2 Å². The van der Waals surface area contributed by atoms with E-state index in [1.54, 1.807) is 0 Å². The van der Waals surface area contributed by atoms with Crippen molar-refractivity contribution in [3.63, 3.8) is 0 Å². The summed E-state index contributed by atoms with van der Waals surface area (Å²) >= 11 is 0. The van der Waals surface area contributed by atoms with E-state index in [1.165, 1.54) is 16.3 Å². The molecule has 0 heterocycles. The third-order valence-corrected chi connectivity index (χ3v) is 3.21. The van der Waals surface area contributed by atoms with Gasteiger partial charge in [0.25, 0.3) is 0 Å². The maximum atomic E-state index is 9.70. The lowest BCUT2D eigenvalue weighted by molar-refractivity contribution is 0.158. The summed E-state index contributed by atoms with van der Waals surface area (Å²) in [6.07, 6.45) is 0.262. The van der Waals surface area contributed by atoms with Gasteiger partial charge in [-0.1, -0.05) is 30.3 Å². The van der Waals surface area contributed by atoms with Crippen LogP contribution < -0.4 is 5.73 Å². The fraction of sp³-hybridized carbons (Fsp3) is 0.231. The Morgan fingerprint density at radius 1 is 1.13 bits per heavy atom. The van der Waals surface area contributed by atoms with Gasteiger partial charge >= 0.3 is 0 Å². The largest absolute Gasteiger partial charge is 0.391 e. The highest BCUT2D eigenvalue weighted by atomic mass is 16.3. The fourth-order valence-corrected chi connectivity index (χ4v) is 2.35. The highest BCUT2D eigenvalue weighted by molar-refractivity contribution is 5.84. The zero-order chi connectivity index (χ0) is 10.4. The van der Waals surface area contributed by atoms with E-state index in [2.05, 4.69) is 24.3 Å². The Morgan fingerprint density at radius 2 is 1.80 bits per heavy atom. The molecule has 76 valence electrons. The molecule has 1 aliphatic carbocycles. The number of benzene rings is 2. The zero-order valence-corrected chi connectivity index (χ0v) is 8.35. The third-order valence-electron chi connectivity index (χ3n) is 3.21. The molecule has 2 aromatic carbocycles. The maximum absolute atomic E-state index is 9.70. The van der Waals surface area contributed by atoms with E-state index in [4.69, 9.17) is 5.73 Å². The lowest BCUT2D eigenvalue weighted by Crippen LogP contribution is -2.21. The number of rotatable bonds is 0. The van der Waals surface area contributed by atoms with Gasteiger partial charge in [-0.2, -0.15) is 0 Å². The van der Waals surface area contributed by atoms with Crippen LogP contribution in [0.15, 0.2) is 36.4 Å². The molecule has 0 aliphatic heterocycles. The molecule has 0 aromatic heterocycles. The zero-order valence-electron chi connectivity index (χ0n) is 8.35. The Labute approximate surface area is 88.3 Å². The van der Waals surface area contributed by atoms with Gasteiger partial charge in [0.1, 0.15) is 0 Å². The first-order valence-electron chi connectivity index (χ1n) is 5.21. The molecule has 2 nitrogen and oxygen atoms in total. The molecule has 2 atom stereocenters. The second-order valence-electron chi connectivity index (χ2n) is 4.20. The van der Waals surface area contributed by atoms with E-state index >= 15 is 0 Å². The molecule has 0 fully saturated rings. The molecule has 0 amide bonds. The molecule has 0 radical (unpaired) electrons. The van der Waals surface area contributed by atoms with E-state index in [0.29, 0.717) is 6.42 Å². The van der Waals surface area contributed by atoms with Crippen molar-refractivity contribution in [3.05, 3.63) is 47.5 Å². The van der Waals surface area contributed by atoms with Crippen molar-refractivity contribution in [1.29, 1.82) is 0 Å². The second-order valence-corrected chi connectivity index (χ2v) is 4.20. The fourth-order valence-electron chi connectivity index (χ4n) is 2.35. The minimum Gasteiger partial charge on any atom is -0.391 e. The standard InChI is InChI=1S/C13H13NO/c14-13-11-6-9-4-2-1-3-8(9)5-10(11)7-12(13)15/h1-6,12-13,15H,7,14H2/t12-,13+/m0/s1. The molecule has 15 heavy (non-hydrogen) atoms. The Hall–Kier alpha value is -1.38. The SMILES string of the molecule is N[C@@H]1c2cc3ccccc3cc2C[C@@H]1O. The van der Waals surface area contributed by atoms with E-state index in [9.17, 15) is 5.11 Å². The van der Waals surface area contributed by atoms with Gasteiger partial charge < -0.3 is 10.8 Å². The van der Waals surface area contributed by atoms with Gasteiger partial charge in [0.15, 0.2) is 0 Å². The number of hydrogen-bond donors (Lipinski definition) is 2. The highest BCUT2D eigenvalue weighted by Gasteiger charge is 2.27. The number of hydrogen-bond acceptors (Lipinski definition) is 2.